The average Bonchev–Trinajstić information content (AvgIpc) is 2.41. The molecule has 0 aliphatic heterocycles. The summed E-state index contributed by atoms with van der Waals surface area (Å²) in [5.74, 6) is 0.569. The third-order valence-electron chi connectivity index (χ3n) is 3.31. The lowest BCUT2D eigenvalue weighted by atomic mass is 9.94. The Kier molecular flexibility index (Phi) is 4.54. The first-order chi connectivity index (χ1) is 7.47. The predicted molar refractivity (Wildman–Crippen MR) is 66.3 cm³/mol. The van der Waals surface area contributed by atoms with Crippen molar-refractivity contribution in [3.05, 3.63) is 17.0 Å². The molecule has 1 rings (SSSR count). The third kappa shape index (κ3) is 2.85. The lowest BCUT2D eigenvalue weighted by Crippen LogP contribution is -2.06. The van der Waals surface area contributed by atoms with Crippen molar-refractivity contribution < 1.29 is 5.11 Å². The zero-order valence-corrected chi connectivity index (χ0v) is 11.1. The minimum atomic E-state index is -0.366. The summed E-state index contributed by atoms with van der Waals surface area (Å²) in [6.07, 6.45) is 2.82. The number of rotatable bonds is 5. The van der Waals surface area contributed by atoms with Crippen LogP contribution in [0.5, 0.6) is 0 Å². The standard InChI is InChI=1S/C13H24N2O/c1-6-7-9(2)8-12(16)13-10(3)14-15(5)11(13)4/h9,12,16H,6-8H2,1-5H3. The van der Waals surface area contributed by atoms with Gasteiger partial charge < -0.3 is 5.11 Å². The molecule has 0 bridgehead atoms. The van der Waals surface area contributed by atoms with Crippen LogP contribution in [0.1, 0.15) is 56.2 Å². The molecule has 0 spiro atoms. The van der Waals surface area contributed by atoms with Gasteiger partial charge in [-0.3, -0.25) is 4.68 Å². The predicted octanol–water partition coefficient (Wildman–Crippen LogP) is 2.90. The normalized spacial score (nSPS) is 15.1. The van der Waals surface area contributed by atoms with Crippen LogP contribution in [0.25, 0.3) is 0 Å². The highest BCUT2D eigenvalue weighted by Gasteiger charge is 2.19. The molecule has 1 aromatic heterocycles. The van der Waals surface area contributed by atoms with Gasteiger partial charge in [0.25, 0.3) is 0 Å². The first-order valence-electron chi connectivity index (χ1n) is 6.15. The fraction of sp³-hybridized carbons (Fsp3) is 0.769. The van der Waals surface area contributed by atoms with Crippen LogP contribution in [-0.4, -0.2) is 14.9 Å². The molecule has 0 fully saturated rings. The molecule has 1 N–H and O–H groups in total. The fourth-order valence-electron chi connectivity index (χ4n) is 2.38. The molecule has 0 amide bonds. The van der Waals surface area contributed by atoms with Crippen LogP contribution >= 0.6 is 0 Å². The second-order valence-corrected chi connectivity index (χ2v) is 4.85. The molecule has 2 unspecified atom stereocenters. The van der Waals surface area contributed by atoms with Gasteiger partial charge in [0.05, 0.1) is 11.8 Å². The first-order valence-corrected chi connectivity index (χ1v) is 6.15. The Labute approximate surface area is 98.5 Å². The van der Waals surface area contributed by atoms with E-state index in [1.54, 1.807) is 0 Å². The quantitative estimate of drug-likeness (QED) is 0.835. The second-order valence-electron chi connectivity index (χ2n) is 4.85. The van der Waals surface area contributed by atoms with Crippen LogP contribution < -0.4 is 0 Å². The molecule has 2 atom stereocenters. The Bertz CT molecular complexity index is 344. The number of aryl methyl sites for hydroxylation is 2. The summed E-state index contributed by atoms with van der Waals surface area (Å²) < 4.78 is 1.85. The van der Waals surface area contributed by atoms with E-state index in [1.165, 1.54) is 12.8 Å². The van der Waals surface area contributed by atoms with E-state index in [4.69, 9.17) is 0 Å². The van der Waals surface area contributed by atoms with Gasteiger partial charge in [-0.05, 0) is 26.2 Å². The molecule has 0 saturated heterocycles. The van der Waals surface area contributed by atoms with Crippen LogP contribution in [0.2, 0.25) is 0 Å². The Hall–Kier alpha value is -0.830. The SMILES string of the molecule is CCCC(C)CC(O)c1c(C)nn(C)c1C. The number of hydrogen-bond donors (Lipinski definition) is 1. The minimum Gasteiger partial charge on any atom is -0.388 e. The van der Waals surface area contributed by atoms with E-state index in [1.807, 2.05) is 25.6 Å². The summed E-state index contributed by atoms with van der Waals surface area (Å²) in [5, 5.41) is 14.6. The van der Waals surface area contributed by atoms with Crippen molar-refractivity contribution in [2.45, 2.75) is 53.1 Å². The number of aromatic nitrogens is 2. The number of aliphatic hydroxyl groups is 1. The number of hydrogen-bond acceptors (Lipinski definition) is 2. The molecule has 92 valence electrons. The van der Waals surface area contributed by atoms with E-state index in [0.717, 1.165) is 23.4 Å². The zero-order valence-electron chi connectivity index (χ0n) is 11.1. The number of aliphatic hydroxyl groups excluding tert-OH is 1. The van der Waals surface area contributed by atoms with Crippen molar-refractivity contribution in [3.8, 4) is 0 Å². The lowest BCUT2D eigenvalue weighted by molar-refractivity contribution is 0.143. The van der Waals surface area contributed by atoms with E-state index < -0.39 is 0 Å². The molecule has 1 aromatic rings. The van der Waals surface area contributed by atoms with Crippen molar-refractivity contribution in [1.82, 2.24) is 9.78 Å². The van der Waals surface area contributed by atoms with Crippen molar-refractivity contribution in [2.75, 3.05) is 0 Å². The summed E-state index contributed by atoms with van der Waals surface area (Å²) in [7, 11) is 1.92. The highest BCUT2D eigenvalue weighted by molar-refractivity contribution is 5.26. The summed E-state index contributed by atoms with van der Waals surface area (Å²) >= 11 is 0. The monoisotopic (exact) mass is 224 g/mol. The van der Waals surface area contributed by atoms with E-state index in [-0.39, 0.29) is 6.10 Å². The first kappa shape index (κ1) is 13.2. The van der Waals surface area contributed by atoms with Crippen molar-refractivity contribution in [1.29, 1.82) is 0 Å². The average molecular weight is 224 g/mol. The van der Waals surface area contributed by atoms with Gasteiger partial charge in [0.1, 0.15) is 0 Å². The van der Waals surface area contributed by atoms with Gasteiger partial charge in [0.2, 0.25) is 0 Å². The van der Waals surface area contributed by atoms with Crippen LogP contribution in [0.4, 0.5) is 0 Å². The zero-order chi connectivity index (χ0) is 12.3. The van der Waals surface area contributed by atoms with Gasteiger partial charge in [-0.1, -0.05) is 26.7 Å². The maximum Gasteiger partial charge on any atom is 0.0828 e. The molecular weight excluding hydrogens is 200 g/mol. The van der Waals surface area contributed by atoms with E-state index in [2.05, 4.69) is 18.9 Å². The van der Waals surface area contributed by atoms with Gasteiger partial charge in [-0.2, -0.15) is 5.10 Å². The summed E-state index contributed by atoms with van der Waals surface area (Å²) in [6.45, 7) is 8.37. The molecule has 0 aromatic carbocycles. The molecule has 16 heavy (non-hydrogen) atoms. The molecular formula is C13H24N2O. The Morgan fingerprint density at radius 2 is 2.00 bits per heavy atom. The second kappa shape index (κ2) is 5.48. The van der Waals surface area contributed by atoms with Gasteiger partial charge >= 0.3 is 0 Å². The fourth-order valence-corrected chi connectivity index (χ4v) is 2.38. The largest absolute Gasteiger partial charge is 0.388 e. The highest BCUT2D eigenvalue weighted by Crippen LogP contribution is 2.27. The van der Waals surface area contributed by atoms with Crippen molar-refractivity contribution >= 4 is 0 Å². The van der Waals surface area contributed by atoms with E-state index in [0.29, 0.717) is 5.92 Å². The van der Waals surface area contributed by atoms with Gasteiger partial charge in [-0.15, -0.1) is 0 Å². The topological polar surface area (TPSA) is 38.1 Å². The number of nitrogens with zero attached hydrogens (tertiary/aromatic N) is 2. The van der Waals surface area contributed by atoms with Crippen molar-refractivity contribution in [2.24, 2.45) is 13.0 Å². The maximum absolute atomic E-state index is 10.2. The molecule has 0 radical (unpaired) electrons. The Morgan fingerprint density at radius 1 is 1.38 bits per heavy atom. The molecule has 0 saturated carbocycles. The van der Waals surface area contributed by atoms with Crippen LogP contribution in [0, 0.1) is 19.8 Å². The molecule has 3 heteroatoms. The Balaban J connectivity index is 2.76. The van der Waals surface area contributed by atoms with Crippen LogP contribution in [-0.2, 0) is 7.05 Å². The molecule has 0 aliphatic carbocycles. The maximum atomic E-state index is 10.2. The van der Waals surface area contributed by atoms with Crippen LogP contribution in [0.15, 0.2) is 0 Å². The Morgan fingerprint density at radius 3 is 2.44 bits per heavy atom. The van der Waals surface area contributed by atoms with Gasteiger partial charge in [0, 0.05) is 18.3 Å². The smallest absolute Gasteiger partial charge is 0.0828 e. The van der Waals surface area contributed by atoms with Crippen LogP contribution in [0.3, 0.4) is 0 Å². The summed E-state index contributed by atoms with van der Waals surface area (Å²) in [6, 6.07) is 0. The lowest BCUT2D eigenvalue weighted by Gasteiger charge is -2.16. The summed E-state index contributed by atoms with van der Waals surface area (Å²) in [4.78, 5) is 0. The molecule has 3 nitrogen and oxygen atoms in total. The third-order valence-corrected chi connectivity index (χ3v) is 3.31. The molecule has 0 aliphatic rings. The van der Waals surface area contributed by atoms with E-state index in [9.17, 15) is 5.11 Å². The van der Waals surface area contributed by atoms with Gasteiger partial charge in [0.15, 0.2) is 0 Å². The molecule has 1 heterocycles. The van der Waals surface area contributed by atoms with E-state index >= 15 is 0 Å². The highest BCUT2D eigenvalue weighted by atomic mass is 16.3. The van der Waals surface area contributed by atoms with Crippen molar-refractivity contribution in [3.63, 3.8) is 0 Å². The minimum absolute atomic E-state index is 0.366. The van der Waals surface area contributed by atoms with Gasteiger partial charge in [-0.25, -0.2) is 0 Å². The summed E-state index contributed by atoms with van der Waals surface area (Å²) in [5.41, 5.74) is 3.05.